The number of aromatic nitrogens is 2. The highest BCUT2D eigenvalue weighted by Crippen LogP contribution is 2.23. The lowest BCUT2D eigenvalue weighted by molar-refractivity contribution is 1.12. The van der Waals surface area contributed by atoms with E-state index in [1.54, 1.807) is 12.4 Å². The fraction of sp³-hybridized carbons (Fsp3) is 0.231. The van der Waals surface area contributed by atoms with Gasteiger partial charge in [0.2, 0.25) is 0 Å². The van der Waals surface area contributed by atoms with Crippen molar-refractivity contribution in [3.05, 3.63) is 40.6 Å². The first-order valence-electron chi connectivity index (χ1n) is 5.78. The van der Waals surface area contributed by atoms with E-state index in [1.807, 2.05) is 19.1 Å². The summed E-state index contributed by atoms with van der Waals surface area (Å²) < 4.78 is 1.07. The van der Waals surface area contributed by atoms with Gasteiger partial charge in [0.15, 0.2) is 5.82 Å². The molecule has 0 bridgehead atoms. The summed E-state index contributed by atoms with van der Waals surface area (Å²) in [6.45, 7) is 4.91. The van der Waals surface area contributed by atoms with Crippen molar-refractivity contribution in [2.75, 3.05) is 17.2 Å². The maximum Gasteiger partial charge on any atom is 0.151 e. The number of nitrogens with one attached hydrogen (secondary N) is 2. The van der Waals surface area contributed by atoms with Gasteiger partial charge in [0.25, 0.3) is 0 Å². The average molecular weight is 307 g/mol. The lowest BCUT2D eigenvalue weighted by Gasteiger charge is -2.10. The van der Waals surface area contributed by atoms with E-state index in [-0.39, 0.29) is 0 Å². The van der Waals surface area contributed by atoms with E-state index in [2.05, 4.69) is 49.5 Å². The lowest BCUT2D eigenvalue weighted by atomic mass is 10.2. The van der Waals surface area contributed by atoms with Crippen LogP contribution in [0.4, 0.5) is 17.3 Å². The van der Waals surface area contributed by atoms with E-state index >= 15 is 0 Å². The fourth-order valence-electron chi connectivity index (χ4n) is 1.60. The standard InChI is InChI=1S/C13H15BrN4/c1-3-16-12-7-15-8-13(18-12)17-11-5-4-10(14)6-9(11)2/h4-8H,3H2,1-2H3,(H2,16,17,18). The molecule has 0 saturated carbocycles. The number of hydrogen-bond acceptors (Lipinski definition) is 4. The number of anilines is 3. The summed E-state index contributed by atoms with van der Waals surface area (Å²) in [5, 5.41) is 6.40. The van der Waals surface area contributed by atoms with Crippen molar-refractivity contribution in [2.45, 2.75) is 13.8 Å². The van der Waals surface area contributed by atoms with E-state index in [0.29, 0.717) is 0 Å². The van der Waals surface area contributed by atoms with E-state index in [0.717, 1.165) is 33.9 Å². The van der Waals surface area contributed by atoms with Crippen LogP contribution in [0.15, 0.2) is 35.1 Å². The van der Waals surface area contributed by atoms with Crippen LogP contribution in [0.2, 0.25) is 0 Å². The minimum atomic E-state index is 0.735. The quantitative estimate of drug-likeness (QED) is 0.904. The molecule has 2 rings (SSSR count). The highest BCUT2D eigenvalue weighted by molar-refractivity contribution is 9.10. The zero-order chi connectivity index (χ0) is 13.0. The minimum absolute atomic E-state index is 0.735. The van der Waals surface area contributed by atoms with Gasteiger partial charge in [-0.15, -0.1) is 0 Å². The SMILES string of the molecule is CCNc1cncc(Nc2ccc(Br)cc2C)n1. The second-order valence-corrected chi connectivity index (χ2v) is 4.82. The Kier molecular flexibility index (Phi) is 4.15. The van der Waals surface area contributed by atoms with Crippen LogP contribution in [0.3, 0.4) is 0 Å². The fourth-order valence-corrected chi connectivity index (χ4v) is 2.07. The maximum absolute atomic E-state index is 4.42. The molecule has 4 nitrogen and oxygen atoms in total. The van der Waals surface area contributed by atoms with Crippen LogP contribution in [0.25, 0.3) is 0 Å². The van der Waals surface area contributed by atoms with Crippen molar-refractivity contribution in [3.63, 3.8) is 0 Å². The molecule has 0 aliphatic carbocycles. The molecule has 0 atom stereocenters. The van der Waals surface area contributed by atoms with Crippen molar-refractivity contribution >= 4 is 33.3 Å². The molecule has 0 spiro atoms. The summed E-state index contributed by atoms with van der Waals surface area (Å²) in [7, 11) is 0. The topological polar surface area (TPSA) is 49.8 Å². The van der Waals surface area contributed by atoms with Gasteiger partial charge < -0.3 is 10.6 Å². The molecule has 0 aliphatic rings. The number of benzene rings is 1. The van der Waals surface area contributed by atoms with E-state index in [1.165, 1.54) is 0 Å². The Morgan fingerprint density at radius 1 is 1.22 bits per heavy atom. The smallest absolute Gasteiger partial charge is 0.151 e. The summed E-state index contributed by atoms with van der Waals surface area (Å²) in [5.41, 5.74) is 2.18. The zero-order valence-electron chi connectivity index (χ0n) is 10.4. The molecule has 2 N–H and O–H groups in total. The van der Waals surface area contributed by atoms with Crippen LogP contribution in [0.1, 0.15) is 12.5 Å². The maximum atomic E-state index is 4.42. The van der Waals surface area contributed by atoms with Crippen LogP contribution in [-0.4, -0.2) is 16.5 Å². The summed E-state index contributed by atoms with van der Waals surface area (Å²) in [6, 6.07) is 6.07. The molecular weight excluding hydrogens is 292 g/mol. The zero-order valence-corrected chi connectivity index (χ0v) is 12.0. The second kappa shape index (κ2) is 5.82. The van der Waals surface area contributed by atoms with Crippen LogP contribution in [-0.2, 0) is 0 Å². The molecule has 0 radical (unpaired) electrons. The van der Waals surface area contributed by atoms with Gasteiger partial charge in [0.05, 0.1) is 12.4 Å². The number of hydrogen-bond donors (Lipinski definition) is 2. The second-order valence-electron chi connectivity index (χ2n) is 3.90. The first-order valence-corrected chi connectivity index (χ1v) is 6.57. The number of nitrogens with zero attached hydrogens (tertiary/aromatic N) is 2. The Hall–Kier alpha value is -1.62. The summed E-state index contributed by atoms with van der Waals surface area (Å²) in [5.74, 6) is 1.51. The van der Waals surface area contributed by atoms with Gasteiger partial charge in [0.1, 0.15) is 5.82 Å². The molecule has 2 aromatic rings. The van der Waals surface area contributed by atoms with Gasteiger partial charge in [0, 0.05) is 16.7 Å². The molecule has 1 heterocycles. The first kappa shape index (κ1) is 12.8. The third-order valence-corrected chi connectivity index (χ3v) is 2.94. The van der Waals surface area contributed by atoms with Crippen LogP contribution in [0, 0.1) is 6.92 Å². The normalized spacial score (nSPS) is 10.2. The Morgan fingerprint density at radius 2 is 2.00 bits per heavy atom. The van der Waals surface area contributed by atoms with Gasteiger partial charge in [-0.1, -0.05) is 15.9 Å². The third kappa shape index (κ3) is 3.20. The molecule has 1 aromatic carbocycles. The third-order valence-electron chi connectivity index (χ3n) is 2.44. The Morgan fingerprint density at radius 3 is 2.72 bits per heavy atom. The van der Waals surface area contributed by atoms with Crippen molar-refractivity contribution in [1.29, 1.82) is 0 Å². The average Bonchev–Trinajstić information content (AvgIpc) is 2.34. The Labute approximate surface area is 115 Å². The van der Waals surface area contributed by atoms with Crippen LogP contribution < -0.4 is 10.6 Å². The number of halogens is 1. The van der Waals surface area contributed by atoms with Crippen molar-refractivity contribution in [1.82, 2.24) is 9.97 Å². The summed E-state index contributed by atoms with van der Waals surface area (Å²) in [4.78, 5) is 8.57. The molecule has 5 heteroatoms. The first-order chi connectivity index (χ1) is 8.69. The molecule has 1 aromatic heterocycles. The number of rotatable bonds is 4. The van der Waals surface area contributed by atoms with Gasteiger partial charge in [-0.3, -0.25) is 4.98 Å². The predicted octanol–water partition coefficient (Wildman–Crippen LogP) is 3.72. The monoisotopic (exact) mass is 306 g/mol. The van der Waals surface area contributed by atoms with Gasteiger partial charge >= 0.3 is 0 Å². The van der Waals surface area contributed by atoms with E-state index in [4.69, 9.17) is 0 Å². The molecule has 0 unspecified atom stereocenters. The lowest BCUT2D eigenvalue weighted by Crippen LogP contribution is -2.02. The van der Waals surface area contributed by atoms with Crippen molar-refractivity contribution in [3.8, 4) is 0 Å². The Bertz CT molecular complexity index is 542. The summed E-state index contributed by atoms with van der Waals surface area (Å²) >= 11 is 3.45. The summed E-state index contributed by atoms with van der Waals surface area (Å²) in [6.07, 6.45) is 3.42. The Balaban J connectivity index is 2.20. The minimum Gasteiger partial charge on any atom is -0.369 e. The van der Waals surface area contributed by atoms with Gasteiger partial charge in [-0.05, 0) is 37.6 Å². The predicted molar refractivity (Wildman–Crippen MR) is 78.4 cm³/mol. The highest BCUT2D eigenvalue weighted by atomic mass is 79.9. The molecule has 0 aliphatic heterocycles. The van der Waals surface area contributed by atoms with Crippen molar-refractivity contribution in [2.24, 2.45) is 0 Å². The molecular formula is C13H15BrN4. The molecule has 18 heavy (non-hydrogen) atoms. The van der Waals surface area contributed by atoms with Crippen LogP contribution in [0.5, 0.6) is 0 Å². The molecule has 0 amide bonds. The van der Waals surface area contributed by atoms with Gasteiger partial charge in [-0.2, -0.15) is 0 Å². The molecule has 94 valence electrons. The largest absolute Gasteiger partial charge is 0.369 e. The van der Waals surface area contributed by atoms with E-state index in [9.17, 15) is 0 Å². The van der Waals surface area contributed by atoms with Crippen LogP contribution >= 0.6 is 15.9 Å². The highest BCUT2D eigenvalue weighted by Gasteiger charge is 2.02. The van der Waals surface area contributed by atoms with Gasteiger partial charge in [-0.25, -0.2) is 4.98 Å². The molecule has 0 fully saturated rings. The van der Waals surface area contributed by atoms with Crippen molar-refractivity contribution < 1.29 is 0 Å². The van der Waals surface area contributed by atoms with E-state index < -0.39 is 0 Å². The molecule has 0 saturated heterocycles. The number of aryl methyl sites for hydroxylation is 1.